The van der Waals surface area contributed by atoms with Gasteiger partial charge in [-0.05, 0) is 43.2 Å². The molecule has 2 aromatic carbocycles. The second-order valence-electron chi connectivity index (χ2n) is 5.33. The molecule has 114 valence electrons. The van der Waals surface area contributed by atoms with Gasteiger partial charge in [0.25, 0.3) is 0 Å². The molecule has 0 amide bonds. The zero-order valence-corrected chi connectivity index (χ0v) is 13.2. The predicted octanol–water partition coefficient (Wildman–Crippen LogP) is 3.43. The van der Waals surface area contributed by atoms with Gasteiger partial charge in [0.2, 0.25) is 0 Å². The van der Waals surface area contributed by atoms with Crippen LogP contribution in [0, 0.1) is 25.2 Å². The molecular formula is C18H16N4O. The number of hydrogen-bond acceptors (Lipinski definition) is 4. The van der Waals surface area contributed by atoms with E-state index in [1.807, 2.05) is 56.3 Å². The lowest BCUT2D eigenvalue weighted by molar-refractivity contribution is 0.415. The molecular weight excluding hydrogens is 288 g/mol. The average Bonchev–Trinajstić information content (AvgIpc) is 3.01. The first-order chi connectivity index (χ1) is 11.1. The van der Waals surface area contributed by atoms with Crippen LogP contribution >= 0.6 is 0 Å². The van der Waals surface area contributed by atoms with Crippen LogP contribution in [0.1, 0.15) is 16.8 Å². The Hall–Kier alpha value is -3.13. The molecule has 0 N–H and O–H groups in total. The van der Waals surface area contributed by atoms with Crippen molar-refractivity contribution in [2.75, 3.05) is 7.11 Å². The molecule has 0 unspecified atom stereocenters. The Labute approximate surface area is 134 Å². The van der Waals surface area contributed by atoms with E-state index in [-0.39, 0.29) is 0 Å². The van der Waals surface area contributed by atoms with Crippen molar-refractivity contribution in [3.8, 4) is 28.8 Å². The van der Waals surface area contributed by atoms with E-state index < -0.39 is 0 Å². The number of aryl methyl sites for hydroxylation is 2. The molecule has 0 bridgehead atoms. The summed E-state index contributed by atoms with van der Waals surface area (Å²) in [7, 11) is 1.62. The minimum absolute atomic E-state index is 0.291. The highest BCUT2D eigenvalue weighted by Crippen LogP contribution is 2.29. The average molecular weight is 304 g/mol. The molecule has 3 rings (SSSR count). The van der Waals surface area contributed by atoms with E-state index in [1.165, 1.54) is 0 Å². The van der Waals surface area contributed by atoms with Crippen LogP contribution in [-0.4, -0.2) is 22.1 Å². The predicted molar refractivity (Wildman–Crippen MR) is 87.5 cm³/mol. The van der Waals surface area contributed by atoms with Crippen molar-refractivity contribution in [1.29, 1.82) is 5.26 Å². The summed E-state index contributed by atoms with van der Waals surface area (Å²) in [6.07, 6.45) is 0. The van der Waals surface area contributed by atoms with Crippen molar-refractivity contribution in [2.24, 2.45) is 0 Å². The van der Waals surface area contributed by atoms with E-state index in [4.69, 9.17) is 4.74 Å². The first kappa shape index (κ1) is 14.8. The Morgan fingerprint density at radius 1 is 1.13 bits per heavy atom. The molecule has 5 heteroatoms. The van der Waals surface area contributed by atoms with Gasteiger partial charge < -0.3 is 4.74 Å². The van der Waals surface area contributed by atoms with Crippen molar-refractivity contribution in [3.63, 3.8) is 0 Å². The Morgan fingerprint density at radius 3 is 2.70 bits per heavy atom. The van der Waals surface area contributed by atoms with Crippen molar-refractivity contribution >= 4 is 0 Å². The smallest absolute Gasteiger partial charge is 0.191 e. The van der Waals surface area contributed by atoms with Crippen molar-refractivity contribution < 1.29 is 4.74 Å². The first-order valence-electron chi connectivity index (χ1n) is 7.22. The van der Waals surface area contributed by atoms with E-state index in [1.54, 1.807) is 11.8 Å². The van der Waals surface area contributed by atoms with Gasteiger partial charge in [-0.2, -0.15) is 5.26 Å². The lowest BCUT2D eigenvalue weighted by Gasteiger charge is -2.11. The van der Waals surface area contributed by atoms with Gasteiger partial charge in [0.05, 0.1) is 12.8 Å². The van der Waals surface area contributed by atoms with Crippen LogP contribution in [0.2, 0.25) is 0 Å². The van der Waals surface area contributed by atoms with Gasteiger partial charge >= 0.3 is 0 Å². The summed E-state index contributed by atoms with van der Waals surface area (Å²) >= 11 is 0. The number of methoxy groups -OCH3 is 1. The summed E-state index contributed by atoms with van der Waals surface area (Å²) in [6.45, 7) is 4.04. The minimum Gasteiger partial charge on any atom is -0.497 e. The first-order valence-corrected chi connectivity index (χ1v) is 7.22. The highest BCUT2D eigenvalue weighted by molar-refractivity contribution is 5.69. The van der Waals surface area contributed by atoms with E-state index in [2.05, 4.69) is 16.4 Å². The standard InChI is InChI=1S/C18H16N4O/c1-12-7-8-13(2)17(9-12)22-18(16(11-19)20-21-22)14-5-4-6-15(10-14)23-3/h4-10H,1-3H3. The van der Waals surface area contributed by atoms with Crippen LogP contribution in [0.4, 0.5) is 0 Å². The fraction of sp³-hybridized carbons (Fsp3) is 0.167. The number of aromatic nitrogens is 3. The molecule has 0 spiro atoms. The number of benzene rings is 2. The molecule has 23 heavy (non-hydrogen) atoms. The number of nitriles is 1. The molecule has 0 fully saturated rings. The topological polar surface area (TPSA) is 63.7 Å². The number of nitrogens with zero attached hydrogens (tertiary/aromatic N) is 4. The third-order valence-electron chi connectivity index (χ3n) is 3.71. The van der Waals surface area contributed by atoms with Crippen LogP contribution in [0.3, 0.4) is 0 Å². The van der Waals surface area contributed by atoms with Gasteiger partial charge in [0.15, 0.2) is 5.69 Å². The zero-order chi connectivity index (χ0) is 16.4. The number of hydrogen-bond donors (Lipinski definition) is 0. The van der Waals surface area contributed by atoms with Gasteiger partial charge in [-0.25, -0.2) is 4.68 Å². The van der Waals surface area contributed by atoms with Gasteiger partial charge in [-0.15, -0.1) is 5.10 Å². The van der Waals surface area contributed by atoms with Crippen LogP contribution in [0.15, 0.2) is 42.5 Å². The second-order valence-corrected chi connectivity index (χ2v) is 5.33. The van der Waals surface area contributed by atoms with Crippen LogP contribution in [0.5, 0.6) is 5.75 Å². The van der Waals surface area contributed by atoms with E-state index in [0.717, 1.165) is 28.1 Å². The fourth-order valence-electron chi connectivity index (χ4n) is 2.50. The molecule has 0 radical (unpaired) electrons. The molecule has 1 heterocycles. The van der Waals surface area contributed by atoms with Crippen molar-refractivity contribution in [3.05, 3.63) is 59.3 Å². The third-order valence-corrected chi connectivity index (χ3v) is 3.71. The maximum Gasteiger partial charge on any atom is 0.191 e. The second kappa shape index (κ2) is 5.93. The molecule has 1 aromatic heterocycles. The Balaban J connectivity index is 2.26. The lowest BCUT2D eigenvalue weighted by atomic mass is 10.1. The van der Waals surface area contributed by atoms with Crippen molar-refractivity contribution in [1.82, 2.24) is 15.0 Å². The highest BCUT2D eigenvalue weighted by atomic mass is 16.5. The third kappa shape index (κ3) is 2.67. The SMILES string of the molecule is COc1cccc(-c2c(C#N)nnn2-c2cc(C)ccc2C)c1. The van der Waals surface area contributed by atoms with Crippen LogP contribution in [-0.2, 0) is 0 Å². The Kier molecular flexibility index (Phi) is 3.82. The molecule has 3 aromatic rings. The quantitative estimate of drug-likeness (QED) is 0.743. The van der Waals surface area contributed by atoms with Crippen LogP contribution in [0.25, 0.3) is 16.9 Å². The molecule has 0 aliphatic rings. The summed E-state index contributed by atoms with van der Waals surface area (Å²) < 4.78 is 7.00. The van der Waals surface area contributed by atoms with Crippen molar-refractivity contribution in [2.45, 2.75) is 13.8 Å². The maximum absolute atomic E-state index is 9.39. The van der Waals surface area contributed by atoms with E-state index >= 15 is 0 Å². The molecule has 0 saturated heterocycles. The number of ether oxygens (including phenoxy) is 1. The van der Waals surface area contributed by atoms with E-state index in [0.29, 0.717) is 11.4 Å². The lowest BCUT2D eigenvalue weighted by Crippen LogP contribution is -2.02. The zero-order valence-electron chi connectivity index (χ0n) is 13.2. The minimum atomic E-state index is 0.291. The molecule has 0 atom stereocenters. The monoisotopic (exact) mass is 304 g/mol. The van der Waals surface area contributed by atoms with Crippen LogP contribution < -0.4 is 4.74 Å². The van der Waals surface area contributed by atoms with Gasteiger partial charge in [0, 0.05) is 5.56 Å². The summed E-state index contributed by atoms with van der Waals surface area (Å²) in [6, 6.07) is 15.8. The van der Waals surface area contributed by atoms with E-state index in [9.17, 15) is 5.26 Å². The Morgan fingerprint density at radius 2 is 1.96 bits per heavy atom. The fourth-order valence-corrected chi connectivity index (χ4v) is 2.50. The summed E-state index contributed by atoms with van der Waals surface area (Å²) in [5, 5.41) is 17.6. The highest BCUT2D eigenvalue weighted by Gasteiger charge is 2.18. The van der Waals surface area contributed by atoms with Gasteiger partial charge in [-0.1, -0.05) is 29.5 Å². The molecule has 5 nitrogen and oxygen atoms in total. The van der Waals surface area contributed by atoms with Gasteiger partial charge in [-0.3, -0.25) is 0 Å². The summed E-state index contributed by atoms with van der Waals surface area (Å²) in [5.74, 6) is 0.722. The molecule has 0 aliphatic heterocycles. The maximum atomic E-state index is 9.39. The molecule has 0 aliphatic carbocycles. The van der Waals surface area contributed by atoms with Gasteiger partial charge in [0.1, 0.15) is 17.5 Å². The number of rotatable bonds is 3. The molecule has 0 saturated carbocycles. The summed E-state index contributed by atoms with van der Waals surface area (Å²) in [5.41, 5.74) is 4.90. The summed E-state index contributed by atoms with van der Waals surface area (Å²) in [4.78, 5) is 0. The Bertz CT molecular complexity index is 906. The normalized spacial score (nSPS) is 10.3. The largest absolute Gasteiger partial charge is 0.497 e.